The van der Waals surface area contributed by atoms with Crippen molar-refractivity contribution in [2.75, 3.05) is 26.4 Å². The van der Waals surface area contributed by atoms with Crippen LogP contribution in [0.15, 0.2) is 72.9 Å². The van der Waals surface area contributed by atoms with Crippen LogP contribution in [0.5, 0.6) is 0 Å². The van der Waals surface area contributed by atoms with Crippen molar-refractivity contribution in [1.82, 2.24) is 0 Å². The summed E-state index contributed by atoms with van der Waals surface area (Å²) in [6.07, 6.45) is 42.2. The first kappa shape index (κ1) is 57.6. The van der Waals surface area contributed by atoms with Gasteiger partial charge in [0.25, 0.3) is 0 Å². The molecular formula is C49H84O12S. The molecule has 6 atom stereocenters. The first-order valence-electron chi connectivity index (χ1n) is 23.7. The maximum atomic E-state index is 12.8. The fraction of sp³-hybridized carbons (Fsp3) is 0.735. The molecule has 0 bridgehead atoms. The highest BCUT2D eigenvalue weighted by atomic mass is 32.3. The van der Waals surface area contributed by atoms with Crippen LogP contribution >= 0.6 is 0 Å². The minimum Gasteiger partial charge on any atom is -0.457 e. The molecule has 1 fully saturated rings. The zero-order chi connectivity index (χ0) is 45.4. The smallest absolute Gasteiger partial charge is 0.397 e. The van der Waals surface area contributed by atoms with Crippen LogP contribution in [0.2, 0.25) is 0 Å². The molecule has 0 radical (unpaired) electrons. The fourth-order valence-electron chi connectivity index (χ4n) is 6.75. The van der Waals surface area contributed by atoms with E-state index in [1.165, 1.54) is 32.1 Å². The van der Waals surface area contributed by atoms with Gasteiger partial charge in [0.1, 0.15) is 30.5 Å². The Bertz CT molecular complexity index is 1360. The highest BCUT2D eigenvalue weighted by Crippen LogP contribution is 2.26. The van der Waals surface area contributed by atoms with Crippen molar-refractivity contribution >= 4 is 16.4 Å². The Balaban J connectivity index is 2.41. The van der Waals surface area contributed by atoms with E-state index in [4.69, 9.17) is 23.5 Å². The number of carbonyl (C=O) groups excluding carboxylic acids is 1. The van der Waals surface area contributed by atoms with Gasteiger partial charge in [-0.1, -0.05) is 151 Å². The standard InChI is InChI=1S/C49H84O12S/c1-3-5-7-9-11-13-15-17-18-19-20-21-22-23-24-25-27-29-31-33-35-37-39-57-41-43(42-58-49-47(53)48(61-62(54,55)56)46(52)44(40-50)60-49)59-45(51)38-36-34-32-30-28-26-16-14-12-10-8-6-4-2/h5,7,11,13-14,16-18,20-21,23-24,43-44,46-50,52-53H,3-4,6,8-10,12,15,19,22,25-42H2,1-2H3,(H,54,55,56)/b7-5-,13-11-,16-14-,18-17-,21-20-,24-23-. The van der Waals surface area contributed by atoms with Crippen molar-refractivity contribution in [2.45, 2.75) is 205 Å². The van der Waals surface area contributed by atoms with Crippen LogP contribution in [0.4, 0.5) is 0 Å². The van der Waals surface area contributed by atoms with E-state index >= 15 is 0 Å². The van der Waals surface area contributed by atoms with Crippen LogP contribution < -0.4 is 0 Å². The molecule has 0 aromatic rings. The van der Waals surface area contributed by atoms with E-state index in [0.29, 0.717) is 13.0 Å². The van der Waals surface area contributed by atoms with Crippen LogP contribution in [-0.4, -0.2) is 97.5 Å². The number of rotatable bonds is 40. The monoisotopic (exact) mass is 897 g/mol. The minimum absolute atomic E-state index is 0.0188. The number of hydrogen-bond donors (Lipinski definition) is 4. The zero-order valence-electron chi connectivity index (χ0n) is 38.2. The molecule has 12 nitrogen and oxygen atoms in total. The predicted octanol–water partition coefficient (Wildman–Crippen LogP) is 10.3. The van der Waals surface area contributed by atoms with Gasteiger partial charge in [-0.15, -0.1) is 0 Å². The molecular weight excluding hydrogens is 813 g/mol. The molecule has 0 aliphatic carbocycles. The lowest BCUT2D eigenvalue weighted by molar-refractivity contribution is -0.301. The summed E-state index contributed by atoms with van der Waals surface area (Å²) in [4.78, 5) is 12.8. The van der Waals surface area contributed by atoms with E-state index in [-0.39, 0.29) is 19.6 Å². The van der Waals surface area contributed by atoms with Crippen molar-refractivity contribution in [1.29, 1.82) is 0 Å². The van der Waals surface area contributed by atoms with Crippen LogP contribution in [0.25, 0.3) is 0 Å². The van der Waals surface area contributed by atoms with Gasteiger partial charge in [-0.2, -0.15) is 8.42 Å². The number of aliphatic hydroxyl groups excluding tert-OH is 3. The number of hydrogen-bond acceptors (Lipinski definition) is 11. The lowest BCUT2D eigenvalue weighted by Gasteiger charge is -2.41. The summed E-state index contributed by atoms with van der Waals surface area (Å²) in [5, 5.41) is 30.7. The van der Waals surface area contributed by atoms with Crippen molar-refractivity contribution < 1.29 is 56.2 Å². The van der Waals surface area contributed by atoms with Gasteiger partial charge in [0.15, 0.2) is 6.29 Å². The average Bonchev–Trinajstić information content (AvgIpc) is 3.24. The molecule has 0 saturated carbocycles. The molecule has 4 N–H and O–H groups in total. The molecule has 358 valence electrons. The molecule has 1 aliphatic heterocycles. The van der Waals surface area contributed by atoms with Crippen molar-refractivity contribution in [3.63, 3.8) is 0 Å². The second-order valence-corrected chi connectivity index (χ2v) is 17.0. The van der Waals surface area contributed by atoms with Gasteiger partial charge in [-0.25, -0.2) is 4.18 Å². The van der Waals surface area contributed by atoms with E-state index in [0.717, 1.165) is 109 Å². The van der Waals surface area contributed by atoms with Gasteiger partial charge in [0.05, 0.1) is 19.8 Å². The SMILES string of the molecule is CC/C=C\C/C=C\C/C=C\C/C=C\C/C=C\CCCCCCCCOCC(COC1OC(CO)C(O)C(OS(=O)(=O)O)C1O)OC(=O)CCCCCCC/C=C\CCCCCC. The summed E-state index contributed by atoms with van der Waals surface area (Å²) in [5.41, 5.74) is 0. The first-order valence-corrected chi connectivity index (χ1v) is 25.1. The Morgan fingerprint density at radius 2 is 1.11 bits per heavy atom. The Morgan fingerprint density at radius 1 is 0.629 bits per heavy atom. The molecule has 0 aromatic heterocycles. The third kappa shape index (κ3) is 33.1. The van der Waals surface area contributed by atoms with Gasteiger partial charge in [-0.05, 0) is 83.5 Å². The number of aliphatic hydroxyl groups is 3. The molecule has 1 saturated heterocycles. The van der Waals surface area contributed by atoms with Gasteiger partial charge >= 0.3 is 16.4 Å². The van der Waals surface area contributed by atoms with E-state index in [2.05, 4.69) is 90.9 Å². The largest absolute Gasteiger partial charge is 0.457 e. The lowest BCUT2D eigenvalue weighted by atomic mass is 9.99. The van der Waals surface area contributed by atoms with Crippen molar-refractivity contribution in [3.05, 3.63) is 72.9 Å². The summed E-state index contributed by atoms with van der Waals surface area (Å²) in [7, 11) is -5.07. The lowest BCUT2D eigenvalue weighted by Crippen LogP contribution is -2.60. The molecule has 1 heterocycles. The molecule has 1 rings (SSSR count). The van der Waals surface area contributed by atoms with Crippen molar-refractivity contribution in [2.24, 2.45) is 0 Å². The Labute approximate surface area is 375 Å². The molecule has 62 heavy (non-hydrogen) atoms. The van der Waals surface area contributed by atoms with Crippen molar-refractivity contribution in [3.8, 4) is 0 Å². The molecule has 6 unspecified atom stereocenters. The van der Waals surface area contributed by atoms with E-state index < -0.39 is 59.8 Å². The third-order valence-corrected chi connectivity index (χ3v) is 10.8. The molecule has 0 amide bonds. The number of carbonyl (C=O) groups is 1. The summed E-state index contributed by atoms with van der Waals surface area (Å²) >= 11 is 0. The van der Waals surface area contributed by atoms with E-state index in [1.54, 1.807) is 0 Å². The number of ether oxygens (including phenoxy) is 4. The zero-order valence-corrected chi connectivity index (χ0v) is 39.0. The predicted molar refractivity (Wildman–Crippen MR) is 248 cm³/mol. The number of allylic oxidation sites excluding steroid dienone is 12. The highest BCUT2D eigenvalue weighted by molar-refractivity contribution is 7.80. The summed E-state index contributed by atoms with van der Waals surface area (Å²) < 4.78 is 59.1. The molecule has 0 aromatic carbocycles. The number of esters is 1. The summed E-state index contributed by atoms with van der Waals surface area (Å²) in [6, 6.07) is 0. The Hall–Kier alpha value is -2.46. The van der Waals surface area contributed by atoms with Crippen LogP contribution in [0.3, 0.4) is 0 Å². The van der Waals surface area contributed by atoms with Crippen LogP contribution in [-0.2, 0) is 38.3 Å². The average molecular weight is 897 g/mol. The topological polar surface area (TPSA) is 178 Å². The Kier molecular flexibility index (Phi) is 37.2. The third-order valence-electron chi connectivity index (χ3n) is 10.3. The van der Waals surface area contributed by atoms with Gasteiger partial charge in [0.2, 0.25) is 0 Å². The summed E-state index contributed by atoms with van der Waals surface area (Å²) in [5.74, 6) is -0.417. The van der Waals surface area contributed by atoms with E-state index in [9.17, 15) is 28.5 Å². The van der Waals surface area contributed by atoms with Crippen LogP contribution in [0, 0.1) is 0 Å². The first-order chi connectivity index (χ1) is 30.1. The van der Waals surface area contributed by atoms with Crippen LogP contribution in [0.1, 0.15) is 168 Å². The normalized spacial score (nSPS) is 20.6. The Morgan fingerprint density at radius 3 is 1.65 bits per heavy atom. The molecule has 13 heteroatoms. The molecule has 0 spiro atoms. The fourth-order valence-corrected chi connectivity index (χ4v) is 7.26. The highest BCUT2D eigenvalue weighted by Gasteiger charge is 2.48. The maximum absolute atomic E-state index is 12.8. The second kappa shape index (κ2) is 40.1. The van der Waals surface area contributed by atoms with Gasteiger partial charge in [-0.3, -0.25) is 9.35 Å². The summed E-state index contributed by atoms with van der Waals surface area (Å²) in [6.45, 7) is 3.80. The maximum Gasteiger partial charge on any atom is 0.397 e. The second-order valence-electron chi connectivity index (χ2n) is 16.0. The van der Waals surface area contributed by atoms with Gasteiger partial charge in [0, 0.05) is 13.0 Å². The quantitative estimate of drug-likeness (QED) is 0.0198. The minimum atomic E-state index is -5.07. The molecule has 1 aliphatic rings. The van der Waals surface area contributed by atoms with E-state index in [1.807, 2.05) is 0 Å². The van der Waals surface area contributed by atoms with Gasteiger partial charge < -0.3 is 34.3 Å². The number of unbranched alkanes of at least 4 members (excludes halogenated alkanes) is 15.